The van der Waals surface area contributed by atoms with Gasteiger partial charge in [-0.05, 0) is 30.2 Å². The molecule has 0 radical (unpaired) electrons. The van der Waals surface area contributed by atoms with E-state index in [9.17, 15) is 18.0 Å². The molecule has 0 fully saturated rings. The fourth-order valence-electron chi connectivity index (χ4n) is 2.75. The van der Waals surface area contributed by atoms with Crippen molar-refractivity contribution in [3.63, 3.8) is 0 Å². The predicted octanol–water partition coefficient (Wildman–Crippen LogP) is 2.03. The van der Waals surface area contributed by atoms with Gasteiger partial charge >= 0.3 is 5.69 Å². The third-order valence-electron chi connectivity index (χ3n) is 4.02. The van der Waals surface area contributed by atoms with Gasteiger partial charge in [0.2, 0.25) is 0 Å². The van der Waals surface area contributed by atoms with Crippen molar-refractivity contribution in [3.05, 3.63) is 51.2 Å². The highest BCUT2D eigenvalue weighted by molar-refractivity contribution is 8.13. The maximum absolute atomic E-state index is 12.4. The van der Waals surface area contributed by atoms with E-state index in [1.807, 2.05) is 6.92 Å². The Morgan fingerprint density at radius 3 is 2.36 bits per heavy atom. The van der Waals surface area contributed by atoms with Gasteiger partial charge in [0.25, 0.3) is 14.6 Å². The van der Waals surface area contributed by atoms with Gasteiger partial charge in [-0.25, -0.2) is 13.2 Å². The molecule has 9 heteroatoms. The molecule has 0 atom stereocenters. The molecule has 3 rings (SSSR count). The summed E-state index contributed by atoms with van der Waals surface area (Å²) in [7, 11) is 2.96. The van der Waals surface area contributed by atoms with Crippen molar-refractivity contribution in [2.75, 3.05) is 0 Å². The highest BCUT2D eigenvalue weighted by atomic mass is 35.7. The molecule has 0 spiro atoms. The van der Waals surface area contributed by atoms with Crippen molar-refractivity contribution < 1.29 is 8.42 Å². The third kappa shape index (κ3) is 3.03. The molecule has 1 N–H and O–H groups in total. The van der Waals surface area contributed by atoms with E-state index >= 15 is 0 Å². The van der Waals surface area contributed by atoms with Gasteiger partial charge in [0.05, 0.1) is 10.4 Å². The Bertz CT molecular complexity index is 1170. The van der Waals surface area contributed by atoms with Crippen molar-refractivity contribution in [3.8, 4) is 11.3 Å². The Morgan fingerprint density at radius 2 is 1.80 bits per heavy atom. The number of aromatic amines is 1. The molecule has 0 aliphatic rings. The second kappa shape index (κ2) is 6.20. The number of fused-ring (bicyclic) bond motifs is 1. The average molecular weight is 382 g/mol. The van der Waals surface area contributed by atoms with Crippen LogP contribution in [0.5, 0.6) is 0 Å². The van der Waals surface area contributed by atoms with Crippen molar-refractivity contribution in [1.29, 1.82) is 0 Å². The summed E-state index contributed by atoms with van der Waals surface area (Å²) in [4.78, 5) is 27.7. The van der Waals surface area contributed by atoms with Gasteiger partial charge in [-0.15, -0.1) is 0 Å². The Kier molecular flexibility index (Phi) is 4.34. The molecule has 2 heterocycles. The number of rotatable bonds is 4. The summed E-state index contributed by atoms with van der Waals surface area (Å²) >= 11 is 0. The number of hydrogen-bond donors (Lipinski definition) is 1. The topological polar surface area (TPSA) is 93.9 Å². The first kappa shape index (κ1) is 17.5. The summed E-state index contributed by atoms with van der Waals surface area (Å²) in [5, 5.41) is 0. The molecule has 2 aromatic heterocycles. The number of hydrogen-bond acceptors (Lipinski definition) is 4. The Labute approximate surface area is 147 Å². The zero-order chi connectivity index (χ0) is 18.4. The molecule has 0 aliphatic heterocycles. The fraction of sp³-hybridized carbons (Fsp3) is 0.250. The van der Waals surface area contributed by atoms with E-state index in [0.29, 0.717) is 28.8 Å². The van der Waals surface area contributed by atoms with Crippen LogP contribution in [-0.2, 0) is 22.6 Å². The zero-order valence-corrected chi connectivity index (χ0v) is 15.2. The van der Waals surface area contributed by atoms with Crippen LogP contribution in [0.1, 0.15) is 13.3 Å². The van der Waals surface area contributed by atoms with Gasteiger partial charge in [0.1, 0.15) is 5.52 Å². The van der Waals surface area contributed by atoms with E-state index < -0.39 is 14.6 Å². The van der Waals surface area contributed by atoms with Crippen molar-refractivity contribution in [2.24, 2.45) is 7.05 Å². The van der Waals surface area contributed by atoms with Crippen molar-refractivity contribution in [2.45, 2.75) is 24.8 Å². The summed E-state index contributed by atoms with van der Waals surface area (Å²) in [6, 6.07) is 7.68. The van der Waals surface area contributed by atoms with E-state index in [4.69, 9.17) is 10.7 Å². The average Bonchev–Trinajstić information content (AvgIpc) is 3.01. The second-order valence-electron chi connectivity index (χ2n) is 5.70. The van der Waals surface area contributed by atoms with Gasteiger partial charge in [-0.2, -0.15) is 0 Å². The molecular weight excluding hydrogens is 366 g/mol. The highest BCUT2D eigenvalue weighted by Crippen LogP contribution is 2.24. The van der Waals surface area contributed by atoms with Gasteiger partial charge < -0.3 is 4.98 Å². The van der Waals surface area contributed by atoms with E-state index in [1.165, 1.54) is 19.2 Å². The Morgan fingerprint density at radius 1 is 1.16 bits per heavy atom. The molecule has 1 aromatic carbocycles. The van der Waals surface area contributed by atoms with Crippen LogP contribution >= 0.6 is 10.7 Å². The fourth-order valence-corrected chi connectivity index (χ4v) is 3.52. The lowest BCUT2D eigenvalue weighted by Gasteiger charge is -2.07. The number of nitrogens with one attached hydrogen (secondary N) is 1. The van der Waals surface area contributed by atoms with Crippen molar-refractivity contribution >= 4 is 30.8 Å². The van der Waals surface area contributed by atoms with Crippen LogP contribution in [0, 0.1) is 0 Å². The minimum Gasteiger partial charge on any atom is -0.349 e. The largest absolute Gasteiger partial charge is 0.349 e. The third-order valence-corrected chi connectivity index (χ3v) is 5.39. The quantitative estimate of drug-likeness (QED) is 0.699. The van der Waals surface area contributed by atoms with Crippen LogP contribution < -0.4 is 11.2 Å². The number of benzene rings is 1. The summed E-state index contributed by atoms with van der Waals surface area (Å²) in [6.07, 6.45) is 0.746. The monoisotopic (exact) mass is 381 g/mol. The van der Waals surface area contributed by atoms with Crippen LogP contribution in [-0.4, -0.2) is 22.5 Å². The summed E-state index contributed by atoms with van der Waals surface area (Å²) < 4.78 is 25.3. The Balaban J connectivity index is 2.22. The zero-order valence-electron chi connectivity index (χ0n) is 13.6. The number of H-pyrrole nitrogens is 1. The van der Waals surface area contributed by atoms with E-state index in [-0.39, 0.29) is 10.6 Å². The van der Waals surface area contributed by atoms with Crippen LogP contribution in [0.3, 0.4) is 0 Å². The smallest absolute Gasteiger partial charge is 0.331 e. The SMILES string of the molecule is CCCn1c(=O)n(C)c(=O)c2[nH]c(-c3ccc(S(=O)(=O)Cl)cc3)cc21. The number of nitrogens with zero attached hydrogens (tertiary/aromatic N) is 2. The summed E-state index contributed by atoms with van der Waals surface area (Å²) in [6.45, 7) is 2.44. The second-order valence-corrected chi connectivity index (χ2v) is 8.27. The molecule has 3 aromatic rings. The predicted molar refractivity (Wildman–Crippen MR) is 96.6 cm³/mol. The number of aryl methyl sites for hydroxylation is 1. The molecule has 7 nitrogen and oxygen atoms in total. The van der Waals surface area contributed by atoms with Crippen LogP contribution in [0.4, 0.5) is 0 Å². The molecule has 0 aliphatic carbocycles. The van der Waals surface area contributed by atoms with Crippen LogP contribution in [0.2, 0.25) is 0 Å². The maximum Gasteiger partial charge on any atom is 0.331 e. The standard InChI is InChI=1S/C16H16ClN3O4S/c1-3-8-20-13-9-12(18-14(13)15(21)19(2)16(20)22)10-4-6-11(7-5-10)25(17,23)24/h4-7,9,18H,3,8H2,1-2H3. The van der Waals surface area contributed by atoms with E-state index in [1.54, 1.807) is 22.8 Å². The van der Waals surface area contributed by atoms with Crippen LogP contribution in [0.25, 0.3) is 22.3 Å². The molecule has 0 bridgehead atoms. The van der Waals surface area contributed by atoms with Gasteiger partial charge in [0, 0.05) is 30.0 Å². The summed E-state index contributed by atoms with van der Waals surface area (Å²) in [5.74, 6) is 0. The highest BCUT2D eigenvalue weighted by Gasteiger charge is 2.15. The van der Waals surface area contributed by atoms with Crippen molar-refractivity contribution in [1.82, 2.24) is 14.1 Å². The molecule has 0 saturated heterocycles. The lowest BCUT2D eigenvalue weighted by atomic mass is 10.1. The first-order valence-corrected chi connectivity index (χ1v) is 9.92. The number of halogens is 1. The van der Waals surface area contributed by atoms with Gasteiger partial charge in [-0.3, -0.25) is 13.9 Å². The molecule has 0 amide bonds. The first-order valence-electron chi connectivity index (χ1n) is 7.61. The van der Waals surface area contributed by atoms with Gasteiger partial charge in [0.15, 0.2) is 0 Å². The van der Waals surface area contributed by atoms with Crippen LogP contribution in [0.15, 0.2) is 44.8 Å². The summed E-state index contributed by atoms with van der Waals surface area (Å²) in [5.41, 5.74) is 1.38. The van der Waals surface area contributed by atoms with E-state index in [2.05, 4.69) is 4.98 Å². The lowest BCUT2D eigenvalue weighted by Crippen LogP contribution is -2.38. The molecule has 25 heavy (non-hydrogen) atoms. The minimum absolute atomic E-state index is 0.00664. The minimum atomic E-state index is -3.80. The Hall–Kier alpha value is -2.32. The normalized spacial score (nSPS) is 12.0. The first-order chi connectivity index (χ1) is 11.7. The van der Waals surface area contributed by atoms with E-state index in [0.717, 1.165) is 11.0 Å². The molecular formula is C16H16ClN3O4S. The maximum atomic E-state index is 12.4. The lowest BCUT2D eigenvalue weighted by molar-refractivity contribution is 0.609. The van der Waals surface area contributed by atoms with Gasteiger partial charge in [-0.1, -0.05) is 19.1 Å². The number of aromatic nitrogens is 3. The molecule has 0 saturated carbocycles. The molecule has 132 valence electrons. The molecule has 0 unspecified atom stereocenters.